The zero-order valence-electron chi connectivity index (χ0n) is 10.9. The SMILES string of the molecule is FC(F)(F)c1ccc(N2C[CH]Cc3c2ccnc3Br)cc1. The quantitative estimate of drug-likeness (QED) is 0.685. The summed E-state index contributed by atoms with van der Waals surface area (Å²) in [6, 6.07) is 7.10. The molecule has 6 heteroatoms. The van der Waals surface area contributed by atoms with Crippen LogP contribution in [0.3, 0.4) is 0 Å². The van der Waals surface area contributed by atoms with Crippen LogP contribution in [0, 0.1) is 6.42 Å². The summed E-state index contributed by atoms with van der Waals surface area (Å²) < 4.78 is 38.6. The van der Waals surface area contributed by atoms with E-state index in [2.05, 4.69) is 27.3 Å². The normalized spacial score (nSPS) is 15.0. The first-order chi connectivity index (χ1) is 9.97. The lowest BCUT2D eigenvalue weighted by atomic mass is 10.0. The fraction of sp³-hybridized carbons (Fsp3) is 0.200. The van der Waals surface area contributed by atoms with Crippen LogP contribution in [0.2, 0.25) is 0 Å². The van der Waals surface area contributed by atoms with E-state index in [1.54, 1.807) is 6.20 Å². The second kappa shape index (κ2) is 5.33. The molecule has 0 N–H and O–H groups in total. The maximum absolute atomic E-state index is 12.6. The molecule has 3 rings (SSSR count). The van der Waals surface area contributed by atoms with Gasteiger partial charge in [-0.05, 0) is 59.1 Å². The highest BCUT2D eigenvalue weighted by Gasteiger charge is 2.30. The van der Waals surface area contributed by atoms with Gasteiger partial charge >= 0.3 is 6.18 Å². The van der Waals surface area contributed by atoms with Crippen LogP contribution in [0.15, 0.2) is 41.1 Å². The number of rotatable bonds is 1. The number of halogens is 4. The third kappa shape index (κ3) is 2.77. The number of fused-ring (bicyclic) bond motifs is 1. The van der Waals surface area contributed by atoms with Gasteiger partial charge in [-0.1, -0.05) is 0 Å². The predicted molar refractivity (Wildman–Crippen MR) is 78.4 cm³/mol. The average Bonchev–Trinajstić information content (AvgIpc) is 2.46. The van der Waals surface area contributed by atoms with E-state index in [4.69, 9.17) is 0 Å². The monoisotopic (exact) mass is 355 g/mol. The van der Waals surface area contributed by atoms with Crippen LogP contribution in [0.4, 0.5) is 24.5 Å². The van der Waals surface area contributed by atoms with Gasteiger partial charge in [-0.3, -0.25) is 0 Å². The topological polar surface area (TPSA) is 16.1 Å². The zero-order valence-corrected chi connectivity index (χ0v) is 12.4. The molecule has 0 saturated heterocycles. The van der Waals surface area contributed by atoms with Gasteiger partial charge in [0.2, 0.25) is 0 Å². The fourth-order valence-electron chi connectivity index (χ4n) is 2.41. The van der Waals surface area contributed by atoms with Crippen molar-refractivity contribution in [1.29, 1.82) is 0 Å². The van der Waals surface area contributed by atoms with Crippen molar-refractivity contribution in [1.82, 2.24) is 4.98 Å². The second-order valence-electron chi connectivity index (χ2n) is 4.75. The van der Waals surface area contributed by atoms with Crippen molar-refractivity contribution in [3.05, 3.63) is 58.7 Å². The molecule has 0 saturated carbocycles. The van der Waals surface area contributed by atoms with Crippen LogP contribution in [0.5, 0.6) is 0 Å². The van der Waals surface area contributed by atoms with E-state index in [9.17, 15) is 13.2 Å². The van der Waals surface area contributed by atoms with Crippen molar-refractivity contribution < 1.29 is 13.2 Å². The molecule has 109 valence electrons. The van der Waals surface area contributed by atoms with Crippen LogP contribution in [0.25, 0.3) is 0 Å². The van der Waals surface area contributed by atoms with Gasteiger partial charge in [-0.25, -0.2) is 4.98 Å². The molecular weight excluding hydrogens is 345 g/mol. The number of nitrogens with zero attached hydrogens (tertiary/aromatic N) is 2. The average molecular weight is 356 g/mol. The molecule has 0 unspecified atom stereocenters. The van der Waals surface area contributed by atoms with Crippen molar-refractivity contribution in [2.75, 3.05) is 11.4 Å². The first-order valence-corrected chi connectivity index (χ1v) is 7.16. The first kappa shape index (κ1) is 14.4. The molecule has 1 radical (unpaired) electrons. The number of anilines is 2. The highest BCUT2D eigenvalue weighted by molar-refractivity contribution is 9.10. The van der Waals surface area contributed by atoms with Gasteiger partial charge in [0.1, 0.15) is 4.60 Å². The molecule has 2 aromatic rings. The molecule has 0 aliphatic carbocycles. The van der Waals surface area contributed by atoms with Crippen molar-refractivity contribution in [3.63, 3.8) is 0 Å². The van der Waals surface area contributed by atoms with Gasteiger partial charge in [-0.15, -0.1) is 0 Å². The van der Waals surface area contributed by atoms with Gasteiger partial charge in [0.25, 0.3) is 0 Å². The van der Waals surface area contributed by atoms with E-state index in [-0.39, 0.29) is 0 Å². The van der Waals surface area contributed by atoms with Gasteiger partial charge in [0, 0.05) is 29.7 Å². The number of hydrogen-bond donors (Lipinski definition) is 0. The molecule has 21 heavy (non-hydrogen) atoms. The van der Waals surface area contributed by atoms with Crippen LogP contribution < -0.4 is 4.90 Å². The third-order valence-corrected chi connectivity index (χ3v) is 4.12. The Hall–Kier alpha value is -1.56. The van der Waals surface area contributed by atoms with Crippen LogP contribution in [-0.2, 0) is 12.6 Å². The van der Waals surface area contributed by atoms with Crippen molar-refractivity contribution >= 4 is 27.3 Å². The summed E-state index contributed by atoms with van der Waals surface area (Å²) >= 11 is 3.41. The van der Waals surface area contributed by atoms with Gasteiger partial charge in [0.05, 0.1) is 5.56 Å². The molecule has 1 aromatic carbocycles. The van der Waals surface area contributed by atoms with Crippen molar-refractivity contribution in [2.45, 2.75) is 12.6 Å². The Morgan fingerprint density at radius 3 is 2.48 bits per heavy atom. The molecule has 2 nitrogen and oxygen atoms in total. The lowest BCUT2D eigenvalue weighted by Gasteiger charge is -2.31. The number of aromatic nitrogens is 1. The summed E-state index contributed by atoms with van der Waals surface area (Å²) in [4.78, 5) is 6.17. The van der Waals surface area contributed by atoms with Crippen molar-refractivity contribution in [2.24, 2.45) is 0 Å². The van der Waals surface area contributed by atoms with E-state index >= 15 is 0 Å². The Morgan fingerprint density at radius 1 is 1.10 bits per heavy atom. The Balaban J connectivity index is 1.98. The third-order valence-electron chi connectivity index (χ3n) is 3.44. The number of pyridine rings is 1. The largest absolute Gasteiger partial charge is 0.416 e. The zero-order chi connectivity index (χ0) is 15.0. The Labute approximate surface area is 128 Å². The molecule has 0 amide bonds. The molecule has 0 atom stereocenters. The standard InChI is InChI=1S/C15H11BrF3N2/c16-14-12-2-1-9-21(13(12)7-8-20-14)11-5-3-10(4-6-11)15(17,18)19/h1,3-8H,2,9H2. The molecule has 0 fully saturated rings. The molecule has 0 spiro atoms. The molecule has 1 aromatic heterocycles. The van der Waals surface area contributed by atoms with Gasteiger partial charge in [0.15, 0.2) is 0 Å². The van der Waals surface area contributed by atoms with Crippen LogP contribution in [0.1, 0.15) is 11.1 Å². The fourth-order valence-corrected chi connectivity index (χ4v) is 2.89. The van der Waals surface area contributed by atoms with Gasteiger partial charge in [-0.2, -0.15) is 13.2 Å². The minimum atomic E-state index is -4.31. The van der Waals surface area contributed by atoms with E-state index in [0.717, 1.165) is 40.1 Å². The first-order valence-electron chi connectivity index (χ1n) is 6.36. The molecule has 1 aliphatic heterocycles. The maximum Gasteiger partial charge on any atom is 0.416 e. The molecule has 1 aliphatic rings. The predicted octanol–water partition coefficient (Wildman–Crippen LogP) is 4.76. The van der Waals surface area contributed by atoms with E-state index < -0.39 is 11.7 Å². The summed E-state index contributed by atoms with van der Waals surface area (Å²) in [6.07, 6.45) is 0.246. The van der Waals surface area contributed by atoms with E-state index in [1.165, 1.54) is 12.1 Å². The summed E-state index contributed by atoms with van der Waals surface area (Å²) in [6.45, 7) is 0.662. The Morgan fingerprint density at radius 2 is 1.81 bits per heavy atom. The summed E-state index contributed by atoms with van der Waals surface area (Å²) in [5.74, 6) is 0. The summed E-state index contributed by atoms with van der Waals surface area (Å²) in [5.41, 5.74) is 2.12. The van der Waals surface area contributed by atoms with E-state index in [1.807, 2.05) is 11.0 Å². The smallest absolute Gasteiger partial charge is 0.341 e. The molecular formula is C15H11BrF3N2. The molecule has 2 heterocycles. The summed E-state index contributed by atoms with van der Waals surface area (Å²) in [7, 11) is 0. The lowest BCUT2D eigenvalue weighted by Crippen LogP contribution is -2.25. The number of benzene rings is 1. The number of alkyl halides is 3. The summed E-state index contributed by atoms with van der Waals surface area (Å²) in [5, 5.41) is 0. The Bertz CT molecular complexity index is 653. The number of hydrogen-bond acceptors (Lipinski definition) is 2. The highest BCUT2D eigenvalue weighted by atomic mass is 79.9. The van der Waals surface area contributed by atoms with Crippen LogP contribution in [-0.4, -0.2) is 11.5 Å². The maximum atomic E-state index is 12.6. The second-order valence-corrected chi connectivity index (χ2v) is 5.50. The molecule has 0 bridgehead atoms. The lowest BCUT2D eigenvalue weighted by molar-refractivity contribution is -0.137. The van der Waals surface area contributed by atoms with E-state index in [0.29, 0.717) is 6.54 Å². The van der Waals surface area contributed by atoms with Gasteiger partial charge < -0.3 is 4.90 Å². The Kier molecular flexibility index (Phi) is 3.65. The van der Waals surface area contributed by atoms with Crippen molar-refractivity contribution in [3.8, 4) is 0 Å². The highest BCUT2D eigenvalue weighted by Crippen LogP contribution is 2.37. The minimum absolute atomic E-state index is 0.636. The minimum Gasteiger partial charge on any atom is -0.341 e. The van der Waals surface area contributed by atoms with Crippen LogP contribution >= 0.6 is 15.9 Å².